The number of amides is 1. The van der Waals surface area contributed by atoms with Crippen LogP contribution in [0.5, 0.6) is 5.75 Å². The molecule has 1 aliphatic heterocycles. The molecule has 2 N–H and O–H groups in total. The Labute approximate surface area is 140 Å². The molecule has 0 bridgehead atoms. The molecule has 1 fully saturated rings. The number of ether oxygens (including phenoxy) is 1. The molecule has 4 nitrogen and oxygen atoms in total. The summed E-state index contributed by atoms with van der Waals surface area (Å²) in [6, 6.07) is 6.07. The number of carbonyl (C=O) groups is 1. The first kappa shape index (κ1) is 18.3. The van der Waals surface area contributed by atoms with Crippen molar-refractivity contribution in [1.29, 1.82) is 0 Å². The largest absolute Gasteiger partial charge is 0.496 e. The van der Waals surface area contributed by atoms with Crippen LogP contribution in [-0.2, 0) is 11.2 Å². The van der Waals surface area contributed by atoms with Gasteiger partial charge in [-0.25, -0.2) is 0 Å². The molecule has 1 atom stereocenters. The van der Waals surface area contributed by atoms with E-state index in [2.05, 4.69) is 15.9 Å². The van der Waals surface area contributed by atoms with Crippen LogP contribution in [0.15, 0.2) is 22.7 Å². The zero-order valence-electron chi connectivity index (χ0n) is 12.2. The summed E-state index contributed by atoms with van der Waals surface area (Å²) in [5.74, 6) is 1.01. The average Bonchev–Trinajstić information content (AvgIpc) is 2.45. The van der Waals surface area contributed by atoms with Crippen molar-refractivity contribution >= 4 is 34.2 Å². The summed E-state index contributed by atoms with van der Waals surface area (Å²) in [7, 11) is 1.64. The van der Waals surface area contributed by atoms with Crippen LogP contribution in [0.4, 0.5) is 0 Å². The number of methoxy groups -OCH3 is 1. The molecule has 1 heterocycles. The lowest BCUT2D eigenvalue weighted by Crippen LogP contribution is -2.45. The van der Waals surface area contributed by atoms with Crippen LogP contribution in [0.3, 0.4) is 0 Å². The first-order chi connectivity index (χ1) is 9.60. The second-order valence-electron chi connectivity index (χ2n) is 5.21. The standard InChI is InChI=1S/C15H21BrN2O2.ClH/c1-20-14-6-4-11(9-13(14)16)5-7-15(19)18-8-2-3-12(17)10-18;/h4,6,9,12H,2-3,5,7-8,10,17H2,1H3;1H. The molecule has 1 aromatic rings. The van der Waals surface area contributed by atoms with Gasteiger partial charge in [0.15, 0.2) is 0 Å². The average molecular weight is 378 g/mol. The van der Waals surface area contributed by atoms with Crippen molar-refractivity contribution in [3.05, 3.63) is 28.2 Å². The molecule has 1 unspecified atom stereocenters. The Morgan fingerprint density at radius 2 is 2.29 bits per heavy atom. The maximum atomic E-state index is 12.2. The Bertz CT molecular complexity index is 485. The summed E-state index contributed by atoms with van der Waals surface area (Å²) in [5.41, 5.74) is 7.04. The molecule has 1 aliphatic rings. The predicted molar refractivity (Wildman–Crippen MR) is 90.1 cm³/mol. The molecule has 118 valence electrons. The van der Waals surface area contributed by atoms with E-state index >= 15 is 0 Å². The van der Waals surface area contributed by atoms with Gasteiger partial charge in [0.2, 0.25) is 5.91 Å². The highest BCUT2D eigenvalue weighted by Crippen LogP contribution is 2.26. The Balaban J connectivity index is 0.00000220. The van der Waals surface area contributed by atoms with Crippen LogP contribution in [0.25, 0.3) is 0 Å². The van der Waals surface area contributed by atoms with Gasteiger partial charge in [0.25, 0.3) is 0 Å². The summed E-state index contributed by atoms with van der Waals surface area (Å²) in [5, 5.41) is 0. The van der Waals surface area contributed by atoms with Crippen molar-refractivity contribution in [3.8, 4) is 5.75 Å². The maximum Gasteiger partial charge on any atom is 0.222 e. The highest BCUT2D eigenvalue weighted by atomic mass is 79.9. The number of nitrogens with two attached hydrogens (primary N) is 1. The van der Waals surface area contributed by atoms with Crippen molar-refractivity contribution in [2.24, 2.45) is 5.73 Å². The van der Waals surface area contributed by atoms with Crippen LogP contribution in [0, 0.1) is 0 Å². The number of rotatable bonds is 4. The van der Waals surface area contributed by atoms with E-state index in [1.807, 2.05) is 23.1 Å². The Morgan fingerprint density at radius 3 is 2.90 bits per heavy atom. The molecular weight excluding hydrogens is 356 g/mol. The lowest BCUT2D eigenvalue weighted by Gasteiger charge is -2.30. The van der Waals surface area contributed by atoms with Gasteiger partial charge in [-0.05, 0) is 52.9 Å². The van der Waals surface area contributed by atoms with E-state index < -0.39 is 0 Å². The smallest absolute Gasteiger partial charge is 0.222 e. The zero-order chi connectivity index (χ0) is 14.5. The van der Waals surface area contributed by atoms with E-state index in [1.54, 1.807) is 7.11 Å². The third kappa shape index (κ3) is 5.16. The topological polar surface area (TPSA) is 55.6 Å². The second-order valence-corrected chi connectivity index (χ2v) is 6.07. The minimum atomic E-state index is 0. The van der Waals surface area contributed by atoms with Crippen LogP contribution < -0.4 is 10.5 Å². The summed E-state index contributed by atoms with van der Waals surface area (Å²) >= 11 is 3.46. The lowest BCUT2D eigenvalue weighted by molar-refractivity contribution is -0.132. The molecule has 21 heavy (non-hydrogen) atoms. The number of carbonyl (C=O) groups excluding carboxylic acids is 1. The second kappa shape index (κ2) is 8.61. The van der Waals surface area contributed by atoms with Gasteiger partial charge in [0, 0.05) is 25.6 Å². The predicted octanol–water partition coefficient (Wildman–Crippen LogP) is 2.76. The number of halogens is 2. The summed E-state index contributed by atoms with van der Waals surface area (Å²) in [6.45, 7) is 1.55. The fourth-order valence-corrected chi connectivity index (χ4v) is 3.10. The van der Waals surface area contributed by atoms with Gasteiger partial charge in [-0.3, -0.25) is 4.79 Å². The molecule has 1 saturated heterocycles. The van der Waals surface area contributed by atoms with E-state index in [9.17, 15) is 4.79 Å². The van der Waals surface area contributed by atoms with Gasteiger partial charge in [-0.2, -0.15) is 0 Å². The van der Waals surface area contributed by atoms with E-state index in [0.29, 0.717) is 13.0 Å². The molecule has 0 aromatic heterocycles. The van der Waals surface area contributed by atoms with E-state index in [0.717, 1.165) is 41.6 Å². The van der Waals surface area contributed by atoms with Gasteiger partial charge < -0.3 is 15.4 Å². The van der Waals surface area contributed by atoms with E-state index in [-0.39, 0.29) is 24.4 Å². The quantitative estimate of drug-likeness (QED) is 0.878. The fourth-order valence-electron chi connectivity index (χ4n) is 2.51. The maximum absolute atomic E-state index is 12.2. The Kier molecular flexibility index (Phi) is 7.49. The van der Waals surface area contributed by atoms with Crippen LogP contribution in [0.1, 0.15) is 24.8 Å². The van der Waals surface area contributed by atoms with Gasteiger partial charge in [0.1, 0.15) is 5.75 Å². The van der Waals surface area contributed by atoms with Crippen LogP contribution in [0.2, 0.25) is 0 Å². The van der Waals surface area contributed by atoms with Crippen LogP contribution in [-0.4, -0.2) is 37.0 Å². The van der Waals surface area contributed by atoms with Crippen LogP contribution >= 0.6 is 28.3 Å². The Hall–Kier alpha value is -0.780. The molecule has 0 spiro atoms. The minimum absolute atomic E-state index is 0. The highest BCUT2D eigenvalue weighted by Gasteiger charge is 2.20. The molecule has 0 saturated carbocycles. The fraction of sp³-hybridized carbons (Fsp3) is 0.533. The van der Waals surface area contributed by atoms with Crippen molar-refractivity contribution in [2.45, 2.75) is 31.7 Å². The molecule has 6 heteroatoms. The third-order valence-corrected chi connectivity index (χ3v) is 4.27. The zero-order valence-corrected chi connectivity index (χ0v) is 14.6. The van der Waals surface area contributed by atoms with E-state index in [4.69, 9.17) is 10.5 Å². The van der Waals surface area contributed by atoms with Crippen molar-refractivity contribution in [2.75, 3.05) is 20.2 Å². The number of likely N-dealkylation sites (tertiary alicyclic amines) is 1. The normalized spacial score (nSPS) is 18.0. The molecule has 1 amide bonds. The molecule has 0 aliphatic carbocycles. The summed E-state index contributed by atoms with van der Waals surface area (Å²) < 4.78 is 6.12. The van der Waals surface area contributed by atoms with Crippen molar-refractivity contribution < 1.29 is 9.53 Å². The first-order valence-electron chi connectivity index (χ1n) is 6.96. The van der Waals surface area contributed by atoms with Crippen molar-refractivity contribution in [3.63, 3.8) is 0 Å². The summed E-state index contributed by atoms with van der Waals surface area (Å²) in [6.07, 6.45) is 3.31. The summed E-state index contributed by atoms with van der Waals surface area (Å²) in [4.78, 5) is 14.1. The molecule has 0 radical (unpaired) electrons. The number of nitrogens with zero attached hydrogens (tertiary/aromatic N) is 1. The van der Waals surface area contributed by atoms with E-state index in [1.165, 1.54) is 0 Å². The number of aryl methyl sites for hydroxylation is 1. The van der Waals surface area contributed by atoms with Gasteiger partial charge >= 0.3 is 0 Å². The van der Waals surface area contributed by atoms with Gasteiger partial charge in [-0.1, -0.05) is 6.07 Å². The monoisotopic (exact) mass is 376 g/mol. The number of hydrogen-bond donors (Lipinski definition) is 1. The van der Waals surface area contributed by atoms with Crippen molar-refractivity contribution in [1.82, 2.24) is 4.90 Å². The SMILES string of the molecule is COc1ccc(CCC(=O)N2CCCC(N)C2)cc1Br.Cl. The minimum Gasteiger partial charge on any atom is -0.496 e. The number of piperidine rings is 1. The number of benzene rings is 1. The molecule has 2 rings (SSSR count). The third-order valence-electron chi connectivity index (χ3n) is 3.65. The molecule has 1 aromatic carbocycles. The Morgan fingerprint density at radius 1 is 1.52 bits per heavy atom. The highest BCUT2D eigenvalue weighted by molar-refractivity contribution is 9.10. The molecular formula is C15H22BrClN2O2. The van der Waals surface area contributed by atoms with Gasteiger partial charge in [0.05, 0.1) is 11.6 Å². The first-order valence-corrected chi connectivity index (χ1v) is 7.75. The lowest BCUT2D eigenvalue weighted by atomic mass is 10.0. The van der Waals surface area contributed by atoms with Gasteiger partial charge in [-0.15, -0.1) is 12.4 Å². The number of hydrogen-bond acceptors (Lipinski definition) is 3.